The Balaban J connectivity index is 2.63. The molecule has 1 rings (SSSR count). The minimum absolute atomic E-state index is 0.0896. The number of halogens is 1. The van der Waals surface area contributed by atoms with Gasteiger partial charge in [0.15, 0.2) is 18.2 Å². The number of carbonyl (C=O) groups excluding carboxylic acids is 1. The van der Waals surface area contributed by atoms with E-state index in [0.29, 0.717) is 0 Å². The van der Waals surface area contributed by atoms with Crippen LogP contribution < -0.4 is 10.1 Å². The molecular formula is C12H12FNO3. The Morgan fingerprint density at radius 2 is 2.35 bits per heavy atom. The molecule has 4 nitrogen and oxygen atoms in total. The van der Waals surface area contributed by atoms with Gasteiger partial charge in [-0.25, -0.2) is 4.39 Å². The minimum Gasteiger partial charge on any atom is -0.480 e. The second-order valence-electron chi connectivity index (χ2n) is 3.16. The molecule has 0 aromatic heterocycles. The third kappa shape index (κ3) is 3.78. The number of aliphatic hydroxyl groups is 1. The first kappa shape index (κ1) is 13.0. The van der Waals surface area contributed by atoms with Crippen LogP contribution in [-0.4, -0.2) is 24.2 Å². The minimum atomic E-state index is -0.624. The molecule has 0 saturated heterocycles. The molecule has 1 aromatic rings. The zero-order valence-corrected chi connectivity index (χ0v) is 9.07. The predicted molar refractivity (Wildman–Crippen MR) is 59.7 cm³/mol. The number of hydrogen-bond donors (Lipinski definition) is 2. The second kappa shape index (κ2) is 6.51. The molecule has 2 N–H and O–H groups in total. The van der Waals surface area contributed by atoms with E-state index in [4.69, 9.17) is 16.3 Å². The monoisotopic (exact) mass is 237 g/mol. The Kier molecular flexibility index (Phi) is 4.98. The van der Waals surface area contributed by atoms with E-state index in [-0.39, 0.29) is 31.1 Å². The Bertz CT molecular complexity index is 440. The van der Waals surface area contributed by atoms with Gasteiger partial charge in [-0.2, -0.15) is 0 Å². The standard InChI is InChI=1S/C12H12FNO3/c1-2-6-14-11(16)8-17-12-9(7-15)4-3-5-10(12)13/h1,3-5,15H,6-8H2,(H,14,16). The topological polar surface area (TPSA) is 58.6 Å². The highest BCUT2D eigenvalue weighted by Crippen LogP contribution is 2.22. The molecule has 1 amide bonds. The van der Waals surface area contributed by atoms with Gasteiger partial charge in [-0.1, -0.05) is 18.1 Å². The van der Waals surface area contributed by atoms with Gasteiger partial charge in [-0.3, -0.25) is 4.79 Å². The second-order valence-corrected chi connectivity index (χ2v) is 3.16. The van der Waals surface area contributed by atoms with Crippen LogP contribution in [0.5, 0.6) is 5.75 Å². The number of terminal acetylenes is 1. The highest BCUT2D eigenvalue weighted by Gasteiger charge is 2.10. The van der Waals surface area contributed by atoms with Crippen molar-refractivity contribution in [3.05, 3.63) is 29.6 Å². The highest BCUT2D eigenvalue weighted by molar-refractivity contribution is 5.77. The van der Waals surface area contributed by atoms with Gasteiger partial charge in [0, 0.05) is 5.56 Å². The maximum atomic E-state index is 13.3. The molecule has 0 aliphatic rings. The van der Waals surface area contributed by atoms with Gasteiger partial charge >= 0.3 is 0 Å². The lowest BCUT2D eigenvalue weighted by atomic mass is 10.2. The molecule has 0 spiro atoms. The van der Waals surface area contributed by atoms with E-state index in [1.54, 1.807) is 0 Å². The third-order valence-electron chi connectivity index (χ3n) is 1.95. The van der Waals surface area contributed by atoms with Crippen LogP contribution in [0.25, 0.3) is 0 Å². The summed E-state index contributed by atoms with van der Waals surface area (Å²) in [6, 6.07) is 4.15. The van der Waals surface area contributed by atoms with E-state index in [9.17, 15) is 9.18 Å². The Morgan fingerprint density at radius 3 is 3.00 bits per heavy atom. The van der Waals surface area contributed by atoms with Crippen LogP contribution in [0.2, 0.25) is 0 Å². The molecule has 0 radical (unpaired) electrons. The summed E-state index contributed by atoms with van der Waals surface area (Å²) in [4.78, 5) is 11.2. The zero-order valence-electron chi connectivity index (χ0n) is 9.07. The first-order valence-electron chi connectivity index (χ1n) is 4.90. The molecule has 1 aromatic carbocycles. The van der Waals surface area contributed by atoms with Crippen LogP contribution in [-0.2, 0) is 11.4 Å². The molecular weight excluding hydrogens is 225 g/mol. The van der Waals surface area contributed by atoms with Crippen LogP contribution in [0, 0.1) is 18.2 Å². The van der Waals surface area contributed by atoms with E-state index >= 15 is 0 Å². The van der Waals surface area contributed by atoms with Crippen molar-refractivity contribution in [1.82, 2.24) is 5.32 Å². The first-order valence-corrected chi connectivity index (χ1v) is 4.90. The SMILES string of the molecule is C#CCNC(=O)COc1c(F)cccc1CO. The fourth-order valence-corrected chi connectivity index (χ4v) is 1.18. The van der Waals surface area contributed by atoms with Gasteiger partial charge in [0.2, 0.25) is 0 Å². The summed E-state index contributed by atoms with van der Waals surface area (Å²) in [5.74, 6) is 1.04. The molecule has 0 bridgehead atoms. The molecule has 0 saturated carbocycles. The Hall–Kier alpha value is -2.06. The normalized spacial score (nSPS) is 9.47. The zero-order chi connectivity index (χ0) is 12.7. The van der Waals surface area contributed by atoms with Gasteiger partial charge in [-0.05, 0) is 6.07 Å². The summed E-state index contributed by atoms with van der Waals surface area (Å²) in [7, 11) is 0. The summed E-state index contributed by atoms with van der Waals surface area (Å²) >= 11 is 0. The Labute approximate surface area is 98.4 Å². The summed E-state index contributed by atoms with van der Waals surface area (Å²) < 4.78 is 18.3. The van der Waals surface area contributed by atoms with E-state index in [1.165, 1.54) is 18.2 Å². The van der Waals surface area contributed by atoms with Gasteiger partial charge in [0.1, 0.15) is 0 Å². The van der Waals surface area contributed by atoms with Crippen LogP contribution in [0.15, 0.2) is 18.2 Å². The van der Waals surface area contributed by atoms with Crippen molar-refractivity contribution < 1.29 is 19.0 Å². The molecule has 90 valence electrons. The van der Waals surface area contributed by atoms with E-state index in [1.807, 2.05) is 0 Å². The van der Waals surface area contributed by atoms with Gasteiger partial charge in [-0.15, -0.1) is 6.42 Å². The van der Waals surface area contributed by atoms with Crippen LogP contribution >= 0.6 is 0 Å². The van der Waals surface area contributed by atoms with Crippen molar-refractivity contribution >= 4 is 5.91 Å². The summed E-state index contributed by atoms with van der Waals surface area (Å²) in [5, 5.41) is 11.4. The Morgan fingerprint density at radius 1 is 1.59 bits per heavy atom. The van der Waals surface area contributed by atoms with Crippen LogP contribution in [0.4, 0.5) is 4.39 Å². The van der Waals surface area contributed by atoms with E-state index in [2.05, 4.69) is 11.2 Å². The smallest absolute Gasteiger partial charge is 0.258 e. The van der Waals surface area contributed by atoms with E-state index in [0.717, 1.165) is 0 Å². The summed E-state index contributed by atoms with van der Waals surface area (Å²) in [6.45, 7) is -0.624. The van der Waals surface area contributed by atoms with Crippen molar-refractivity contribution in [2.45, 2.75) is 6.61 Å². The summed E-state index contributed by atoms with van der Waals surface area (Å²) in [6.07, 6.45) is 4.96. The molecule has 0 unspecified atom stereocenters. The number of para-hydroxylation sites is 1. The van der Waals surface area contributed by atoms with Crippen molar-refractivity contribution in [2.75, 3.05) is 13.2 Å². The van der Waals surface area contributed by atoms with Crippen LogP contribution in [0.1, 0.15) is 5.56 Å². The fourth-order valence-electron chi connectivity index (χ4n) is 1.18. The largest absolute Gasteiger partial charge is 0.480 e. The van der Waals surface area contributed by atoms with Gasteiger partial charge < -0.3 is 15.2 Å². The molecule has 0 fully saturated rings. The predicted octanol–water partition coefficient (Wildman–Crippen LogP) is 0.446. The maximum absolute atomic E-state index is 13.3. The molecule has 17 heavy (non-hydrogen) atoms. The average Bonchev–Trinajstić information content (AvgIpc) is 2.34. The average molecular weight is 237 g/mol. The number of nitrogens with one attached hydrogen (secondary N) is 1. The summed E-state index contributed by atoms with van der Waals surface area (Å²) in [5.41, 5.74) is 0.287. The van der Waals surface area contributed by atoms with E-state index < -0.39 is 11.7 Å². The molecule has 0 aliphatic carbocycles. The van der Waals surface area contributed by atoms with Crippen molar-refractivity contribution in [2.24, 2.45) is 0 Å². The number of amides is 1. The van der Waals surface area contributed by atoms with Gasteiger partial charge in [0.05, 0.1) is 13.2 Å². The fraction of sp³-hybridized carbons (Fsp3) is 0.250. The van der Waals surface area contributed by atoms with Gasteiger partial charge in [0.25, 0.3) is 5.91 Å². The highest BCUT2D eigenvalue weighted by atomic mass is 19.1. The van der Waals surface area contributed by atoms with Crippen LogP contribution in [0.3, 0.4) is 0 Å². The number of ether oxygens (including phenoxy) is 1. The van der Waals surface area contributed by atoms with Crippen molar-refractivity contribution in [1.29, 1.82) is 0 Å². The lowest BCUT2D eigenvalue weighted by Gasteiger charge is -2.10. The molecule has 5 heteroatoms. The third-order valence-corrected chi connectivity index (χ3v) is 1.95. The molecule has 0 aliphatic heterocycles. The first-order chi connectivity index (χ1) is 8.19. The lowest BCUT2D eigenvalue weighted by Crippen LogP contribution is -2.29. The van der Waals surface area contributed by atoms with Crippen molar-refractivity contribution in [3.63, 3.8) is 0 Å². The number of rotatable bonds is 5. The number of carbonyl (C=O) groups is 1. The molecule has 0 atom stereocenters. The van der Waals surface area contributed by atoms with Crippen molar-refractivity contribution in [3.8, 4) is 18.1 Å². The molecule has 0 heterocycles. The quantitative estimate of drug-likeness (QED) is 0.731. The number of aliphatic hydroxyl groups excluding tert-OH is 1. The maximum Gasteiger partial charge on any atom is 0.258 e. The lowest BCUT2D eigenvalue weighted by molar-refractivity contribution is -0.122. The number of hydrogen-bond acceptors (Lipinski definition) is 3. The number of benzene rings is 1.